The Kier molecular flexibility index (Phi) is 5.47. The average molecular weight is 388 g/mol. The molecular weight excluding hydrogens is 364 g/mol. The van der Waals surface area contributed by atoms with Gasteiger partial charge < -0.3 is 15.1 Å². The molecule has 1 fully saturated rings. The van der Waals surface area contributed by atoms with Crippen LogP contribution in [0, 0.1) is 12.8 Å². The van der Waals surface area contributed by atoms with Crippen LogP contribution in [0.25, 0.3) is 11.1 Å². The number of rotatable bonds is 7. The van der Waals surface area contributed by atoms with Crippen molar-refractivity contribution in [3.63, 3.8) is 0 Å². The molecule has 1 heterocycles. The van der Waals surface area contributed by atoms with E-state index in [1.54, 1.807) is 18.4 Å². The second-order valence-corrected chi connectivity index (χ2v) is 7.56. The summed E-state index contributed by atoms with van der Waals surface area (Å²) < 4.78 is 5.22. The lowest BCUT2D eigenvalue weighted by atomic mass is 9.98. The predicted octanol–water partition coefficient (Wildman–Crippen LogP) is 4.58. The van der Waals surface area contributed by atoms with Gasteiger partial charge >= 0.3 is 0 Å². The minimum absolute atomic E-state index is 0.0286. The third-order valence-corrected chi connectivity index (χ3v) is 5.14. The fraction of sp³-hybridized carbons (Fsp3) is 0.250. The first kappa shape index (κ1) is 19.0. The molecule has 148 valence electrons. The number of carbonyl (C=O) groups excluding carboxylic acids is 2. The number of furan rings is 1. The van der Waals surface area contributed by atoms with Crippen molar-refractivity contribution in [2.24, 2.45) is 5.92 Å². The van der Waals surface area contributed by atoms with E-state index in [2.05, 4.69) is 10.6 Å². The Balaban J connectivity index is 1.45. The second kappa shape index (κ2) is 8.35. The number of aryl methyl sites for hydroxylation is 1. The summed E-state index contributed by atoms with van der Waals surface area (Å²) in [6, 6.07) is 17.0. The van der Waals surface area contributed by atoms with Gasteiger partial charge in [0.05, 0.1) is 12.7 Å². The lowest BCUT2D eigenvalue weighted by Crippen LogP contribution is -2.25. The standard InChI is InChI=1S/C24H24N2O3/c1-16-4-11-20(26-23(27)14-21-3-2-12-29-21)13-22(16)18-7-9-19(10-8-18)24(28)25-15-17-5-6-17/h2-4,7-13,17H,5-6,14-15H2,1H3,(H,25,28)(H,26,27). The van der Waals surface area contributed by atoms with Crippen LogP contribution >= 0.6 is 0 Å². The van der Waals surface area contributed by atoms with Crippen LogP contribution in [0.3, 0.4) is 0 Å². The summed E-state index contributed by atoms with van der Waals surface area (Å²) in [6.45, 7) is 2.79. The van der Waals surface area contributed by atoms with Crippen molar-refractivity contribution in [3.05, 3.63) is 77.7 Å². The molecule has 5 heteroatoms. The van der Waals surface area contributed by atoms with Crippen molar-refractivity contribution in [1.82, 2.24) is 5.32 Å². The largest absolute Gasteiger partial charge is 0.469 e. The van der Waals surface area contributed by atoms with Gasteiger partial charge in [-0.1, -0.05) is 18.2 Å². The van der Waals surface area contributed by atoms with Crippen LogP contribution in [0.5, 0.6) is 0 Å². The molecule has 0 bridgehead atoms. The molecule has 5 nitrogen and oxygen atoms in total. The zero-order chi connectivity index (χ0) is 20.2. The molecule has 2 aromatic carbocycles. The number of nitrogens with one attached hydrogen (secondary N) is 2. The summed E-state index contributed by atoms with van der Waals surface area (Å²) in [5, 5.41) is 5.90. The molecular formula is C24H24N2O3. The fourth-order valence-corrected chi connectivity index (χ4v) is 3.25. The van der Waals surface area contributed by atoms with Crippen LogP contribution in [0.1, 0.15) is 34.5 Å². The molecule has 3 aromatic rings. The van der Waals surface area contributed by atoms with Crippen molar-refractivity contribution in [1.29, 1.82) is 0 Å². The lowest BCUT2D eigenvalue weighted by Gasteiger charge is -2.11. The lowest BCUT2D eigenvalue weighted by molar-refractivity contribution is -0.115. The zero-order valence-electron chi connectivity index (χ0n) is 16.4. The summed E-state index contributed by atoms with van der Waals surface area (Å²) in [4.78, 5) is 24.5. The van der Waals surface area contributed by atoms with E-state index in [1.807, 2.05) is 49.4 Å². The number of anilines is 1. The van der Waals surface area contributed by atoms with Crippen LogP contribution < -0.4 is 10.6 Å². The maximum Gasteiger partial charge on any atom is 0.251 e. The number of benzene rings is 2. The Labute approximate surface area is 170 Å². The minimum Gasteiger partial charge on any atom is -0.469 e. The molecule has 1 aliphatic rings. The maximum absolute atomic E-state index is 12.2. The first-order valence-electron chi connectivity index (χ1n) is 9.90. The topological polar surface area (TPSA) is 71.3 Å². The highest BCUT2D eigenvalue weighted by molar-refractivity contribution is 5.95. The normalized spacial score (nSPS) is 13.1. The van der Waals surface area contributed by atoms with Gasteiger partial charge in [0, 0.05) is 17.8 Å². The SMILES string of the molecule is Cc1ccc(NC(=O)Cc2ccco2)cc1-c1ccc(C(=O)NCC2CC2)cc1. The van der Waals surface area contributed by atoms with Gasteiger partial charge in [-0.15, -0.1) is 0 Å². The van der Waals surface area contributed by atoms with E-state index in [4.69, 9.17) is 4.42 Å². The third kappa shape index (κ3) is 4.93. The Morgan fingerprint density at radius 2 is 1.86 bits per heavy atom. The van der Waals surface area contributed by atoms with Crippen LogP contribution in [0.2, 0.25) is 0 Å². The van der Waals surface area contributed by atoms with Crippen molar-refractivity contribution >= 4 is 17.5 Å². The molecule has 29 heavy (non-hydrogen) atoms. The molecule has 1 saturated carbocycles. The number of hydrogen-bond acceptors (Lipinski definition) is 3. The van der Waals surface area contributed by atoms with E-state index >= 15 is 0 Å². The van der Waals surface area contributed by atoms with Gasteiger partial charge in [-0.3, -0.25) is 9.59 Å². The zero-order valence-corrected chi connectivity index (χ0v) is 16.4. The highest BCUT2D eigenvalue weighted by atomic mass is 16.3. The summed E-state index contributed by atoms with van der Waals surface area (Å²) >= 11 is 0. The van der Waals surface area contributed by atoms with E-state index in [-0.39, 0.29) is 18.2 Å². The van der Waals surface area contributed by atoms with Crippen LogP contribution in [0.15, 0.2) is 65.3 Å². The number of carbonyl (C=O) groups is 2. The highest BCUT2D eigenvalue weighted by Gasteiger charge is 2.21. The molecule has 0 aliphatic heterocycles. The molecule has 2 amide bonds. The fourth-order valence-electron chi connectivity index (χ4n) is 3.25. The van der Waals surface area contributed by atoms with E-state index in [1.165, 1.54) is 12.8 Å². The van der Waals surface area contributed by atoms with Crippen molar-refractivity contribution in [2.45, 2.75) is 26.2 Å². The quantitative estimate of drug-likeness (QED) is 0.622. The third-order valence-electron chi connectivity index (χ3n) is 5.14. The van der Waals surface area contributed by atoms with Gasteiger partial charge in [0.1, 0.15) is 5.76 Å². The predicted molar refractivity (Wildman–Crippen MR) is 113 cm³/mol. The molecule has 1 aliphatic carbocycles. The summed E-state index contributed by atoms with van der Waals surface area (Å²) in [5.41, 5.74) is 4.51. The van der Waals surface area contributed by atoms with Crippen molar-refractivity contribution in [2.75, 3.05) is 11.9 Å². The van der Waals surface area contributed by atoms with Gasteiger partial charge in [-0.05, 0) is 78.8 Å². The maximum atomic E-state index is 12.2. The molecule has 4 rings (SSSR count). The molecule has 0 spiro atoms. The van der Waals surface area contributed by atoms with Gasteiger partial charge in [0.2, 0.25) is 5.91 Å². The van der Waals surface area contributed by atoms with Gasteiger partial charge in [0.15, 0.2) is 0 Å². The average Bonchev–Trinajstić information content (AvgIpc) is 3.42. The summed E-state index contributed by atoms with van der Waals surface area (Å²) in [5.74, 6) is 1.13. The summed E-state index contributed by atoms with van der Waals surface area (Å²) in [7, 11) is 0. The van der Waals surface area contributed by atoms with Crippen molar-refractivity contribution in [3.8, 4) is 11.1 Å². The van der Waals surface area contributed by atoms with E-state index < -0.39 is 0 Å². The number of amides is 2. The Hall–Kier alpha value is -3.34. The van der Waals surface area contributed by atoms with Gasteiger partial charge in [0.25, 0.3) is 5.91 Å². The Morgan fingerprint density at radius 3 is 2.55 bits per heavy atom. The Bertz CT molecular complexity index is 1000. The molecule has 0 atom stereocenters. The molecule has 1 aromatic heterocycles. The van der Waals surface area contributed by atoms with Gasteiger partial charge in [-0.25, -0.2) is 0 Å². The molecule has 0 unspecified atom stereocenters. The van der Waals surface area contributed by atoms with Crippen LogP contribution in [-0.4, -0.2) is 18.4 Å². The second-order valence-electron chi connectivity index (χ2n) is 7.56. The van der Waals surface area contributed by atoms with Crippen LogP contribution in [-0.2, 0) is 11.2 Å². The van der Waals surface area contributed by atoms with E-state index in [9.17, 15) is 9.59 Å². The first-order valence-corrected chi connectivity index (χ1v) is 9.90. The highest BCUT2D eigenvalue weighted by Crippen LogP contribution is 2.28. The first-order chi connectivity index (χ1) is 14.1. The monoisotopic (exact) mass is 388 g/mol. The number of hydrogen-bond donors (Lipinski definition) is 2. The molecule has 0 radical (unpaired) electrons. The summed E-state index contributed by atoms with van der Waals surface area (Å²) in [6.07, 6.45) is 4.18. The minimum atomic E-state index is -0.127. The Morgan fingerprint density at radius 1 is 1.07 bits per heavy atom. The van der Waals surface area contributed by atoms with Crippen molar-refractivity contribution < 1.29 is 14.0 Å². The van der Waals surface area contributed by atoms with Gasteiger partial charge in [-0.2, -0.15) is 0 Å². The van der Waals surface area contributed by atoms with Crippen LogP contribution in [0.4, 0.5) is 5.69 Å². The van der Waals surface area contributed by atoms with E-state index in [0.717, 1.165) is 28.9 Å². The van der Waals surface area contributed by atoms with E-state index in [0.29, 0.717) is 17.2 Å². The molecule has 0 saturated heterocycles. The smallest absolute Gasteiger partial charge is 0.251 e. The molecule has 2 N–H and O–H groups in total.